The Bertz CT molecular complexity index is 496. The summed E-state index contributed by atoms with van der Waals surface area (Å²) in [6.07, 6.45) is 4.26. The zero-order valence-corrected chi connectivity index (χ0v) is 10.7. The molecule has 0 aliphatic carbocycles. The zero-order valence-electron chi connectivity index (χ0n) is 9.87. The molecule has 3 heterocycles. The second-order valence-corrected chi connectivity index (χ2v) is 5.33. The summed E-state index contributed by atoms with van der Waals surface area (Å²) in [6, 6.07) is 4.23. The molecule has 0 aromatic carbocycles. The van der Waals surface area contributed by atoms with Gasteiger partial charge in [-0.3, -0.25) is 4.98 Å². The number of thioether (sulfide) groups is 1. The van der Waals surface area contributed by atoms with Crippen molar-refractivity contribution in [3.8, 4) is 11.4 Å². The van der Waals surface area contributed by atoms with Crippen LogP contribution in [0, 0.1) is 0 Å². The Hall–Kier alpha value is -1.40. The highest BCUT2D eigenvalue weighted by atomic mass is 32.2. The van der Waals surface area contributed by atoms with Crippen molar-refractivity contribution < 1.29 is 4.52 Å². The first-order valence-corrected chi connectivity index (χ1v) is 7.11. The predicted molar refractivity (Wildman–Crippen MR) is 70.3 cm³/mol. The lowest BCUT2D eigenvalue weighted by molar-refractivity contribution is 0.363. The summed E-state index contributed by atoms with van der Waals surface area (Å²) in [5.74, 6) is 3.58. The lowest BCUT2D eigenvalue weighted by Crippen LogP contribution is -2.38. The van der Waals surface area contributed by atoms with Gasteiger partial charge in [-0.2, -0.15) is 16.7 Å². The molecule has 1 aliphatic rings. The highest BCUT2D eigenvalue weighted by molar-refractivity contribution is 7.99. The molecule has 2 aromatic rings. The van der Waals surface area contributed by atoms with Crippen LogP contribution in [0.3, 0.4) is 0 Å². The van der Waals surface area contributed by atoms with Gasteiger partial charge in [0.2, 0.25) is 11.7 Å². The van der Waals surface area contributed by atoms with Gasteiger partial charge in [0.25, 0.3) is 0 Å². The molecule has 1 saturated heterocycles. The Morgan fingerprint density at radius 3 is 3.28 bits per heavy atom. The first-order valence-electron chi connectivity index (χ1n) is 5.96. The molecule has 3 rings (SSSR count). The molecular weight excluding hydrogens is 248 g/mol. The maximum Gasteiger partial charge on any atom is 0.228 e. The molecule has 0 radical (unpaired) electrons. The topological polar surface area (TPSA) is 63.8 Å². The summed E-state index contributed by atoms with van der Waals surface area (Å²) in [5.41, 5.74) is 0.887. The van der Waals surface area contributed by atoms with Gasteiger partial charge in [-0.15, -0.1) is 0 Å². The second-order valence-electron chi connectivity index (χ2n) is 4.18. The first kappa shape index (κ1) is 11.7. The molecule has 1 unspecified atom stereocenters. The molecule has 1 aliphatic heterocycles. The minimum absolute atomic E-state index is 0.436. The van der Waals surface area contributed by atoms with Gasteiger partial charge in [0.1, 0.15) is 0 Å². The fraction of sp³-hybridized carbons (Fsp3) is 0.417. The van der Waals surface area contributed by atoms with E-state index < -0.39 is 0 Å². The van der Waals surface area contributed by atoms with Gasteiger partial charge in [-0.25, -0.2) is 0 Å². The molecule has 1 fully saturated rings. The zero-order chi connectivity index (χ0) is 12.2. The summed E-state index contributed by atoms with van der Waals surface area (Å²) < 4.78 is 5.28. The van der Waals surface area contributed by atoms with Crippen LogP contribution < -0.4 is 5.32 Å². The molecule has 0 bridgehead atoms. The Labute approximate surface area is 109 Å². The summed E-state index contributed by atoms with van der Waals surface area (Å²) >= 11 is 1.96. The smallest absolute Gasteiger partial charge is 0.228 e. The molecule has 94 valence electrons. The fourth-order valence-corrected chi connectivity index (χ4v) is 2.86. The highest BCUT2D eigenvalue weighted by Gasteiger charge is 2.17. The quantitative estimate of drug-likeness (QED) is 0.901. The Kier molecular flexibility index (Phi) is 3.56. The first-order chi connectivity index (χ1) is 8.92. The number of rotatable bonds is 3. The fourth-order valence-electron chi connectivity index (χ4n) is 1.91. The van der Waals surface area contributed by atoms with E-state index in [4.69, 9.17) is 4.52 Å². The molecule has 0 saturated carbocycles. The van der Waals surface area contributed by atoms with Gasteiger partial charge in [0.05, 0.1) is 0 Å². The van der Waals surface area contributed by atoms with Crippen LogP contribution >= 0.6 is 11.8 Å². The van der Waals surface area contributed by atoms with Crippen molar-refractivity contribution in [3.63, 3.8) is 0 Å². The molecule has 18 heavy (non-hydrogen) atoms. The van der Waals surface area contributed by atoms with Crippen LogP contribution in [0.4, 0.5) is 0 Å². The van der Waals surface area contributed by atoms with Crippen LogP contribution in [0.25, 0.3) is 11.4 Å². The van der Waals surface area contributed by atoms with Gasteiger partial charge in [0, 0.05) is 48.5 Å². The third-order valence-corrected chi connectivity index (χ3v) is 3.94. The van der Waals surface area contributed by atoms with Crippen molar-refractivity contribution >= 4 is 11.8 Å². The number of hydrogen-bond acceptors (Lipinski definition) is 6. The van der Waals surface area contributed by atoms with Gasteiger partial charge in [-0.05, 0) is 12.1 Å². The van der Waals surface area contributed by atoms with Crippen LogP contribution in [0.2, 0.25) is 0 Å². The van der Waals surface area contributed by atoms with Crippen molar-refractivity contribution in [1.82, 2.24) is 20.4 Å². The standard InChI is InChI=1S/C12H14N4OS/c1-2-9(7-13-3-1)12-15-11(17-16-12)6-10-8-18-5-4-14-10/h1-3,7,10,14H,4-6,8H2. The van der Waals surface area contributed by atoms with E-state index >= 15 is 0 Å². The van der Waals surface area contributed by atoms with Crippen molar-refractivity contribution in [2.24, 2.45) is 0 Å². The van der Waals surface area contributed by atoms with Crippen molar-refractivity contribution in [2.75, 3.05) is 18.1 Å². The van der Waals surface area contributed by atoms with Crippen LogP contribution in [-0.2, 0) is 6.42 Å². The summed E-state index contributed by atoms with van der Waals surface area (Å²) in [7, 11) is 0. The maximum absolute atomic E-state index is 5.28. The Morgan fingerprint density at radius 1 is 1.50 bits per heavy atom. The van der Waals surface area contributed by atoms with Crippen LogP contribution in [0.15, 0.2) is 29.0 Å². The normalized spacial score (nSPS) is 19.9. The van der Waals surface area contributed by atoms with E-state index in [9.17, 15) is 0 Å². The minimum Gasteiger partial charge on any atom is -0.339 e. The van der Waals surface area contributed by atoms with E-state index in [1.165, 1.54) is 5.75 Å². The molecule has 6 heteroatoms. The number of nitrogens with zero attached hydrogens (tertiary/aromatic N) is 3. The van der Waals surface area contributed by atoms with Crippen LogP contribution in [0.5, 0.6) is 0 Å². The monoisotopic (exact) mass is 262 g/mol. The van der Waals surface area contributed by atoms with Gasteiger partial charge < -0.3 is 9.84 Å². The van der Waals surface area contributed by atoms with E-state index in [1.807, 2.05) is 23.9 Å². The summed E-state index contributed by atoms with van der Waals surface area (Å²) in [4.78, 5) is 8.46. The SMILES string of the molecule is c1cncc(-c2noc(CC3CSCCN3)n2)c1. The van der Waals surface area contributed by atoms with Crippen molar-refractivity contribution in [2.45, 2.75) is 12.5 Å². The third kappa shape index (κ3) is 2.70. The molecule has 1 atom stereocenters. The van der Waals surface area contributed by atoms with Gasteiger partial charge in [-0.1, -0.05) is 5.16 Å². The van der Waals surface area contributed by atoms with E-state index in [0.717, 1.165) is 24.3 Å². The van der Waals surface area contributed by atoms with E-state index in [-0.39, 0.29) is 0 Å². The highest BCUT2D eigenvalue weighted by Crippen LogP contribution is 2.16. The van der Waals surface area contributed by atoms with Crippen molar-refractivity contribution in [1.29, 1.82) is 0 Å². The molecule has 5 nitrogen and oxygen atoms in total. The predicted octanol–water partition coefficient (Wildman–Crippen LogP) is 1.38. The lowest BCUT2D eigenvalue weighted by atomic mass is 10.2. The van der Waals surface area contributed by atoms with E-state index in [0.29, 0.717) is 17.8 Å². The van der Waals surface area contributed by atoms with Crippen molar-refractivity contribution in [3.05, 3.63) is 30.4 Å². The molecule has 0 amide bonds. The minimum atomic E-state index is 0.436. The molecule has 2 aromatic heterocycles. The lowest BCUT2D eigenvalue weighted by Gasteiger charge is -2.21. The maximum atomic E-state index is 5.28. The largest absolute Gasteiger partial charge is 0.339 e. The Morgan fingerprint density at radius 2 is 2.50 bits per heavy atom. The summed E-state index contributed by atoms with van der Waals surface area (Å²) in [5, 5.41) is 7.45. The Balaban J connectivity index is 1.69. The number of nitrogens with one attached hydrogen (secondary N) is 1. The van der Waals surface area contributed by atoms with E-state index in [1.54, 1.807) is 12.4 Å². The molecule has 0 spiro atoms. The third-order valence-electron chi connectivity index (χ3n) is 2.81. The van der Waals surface area contributed by atoms with Crippen LogP contribution in [0.1, 0.15) is 5.89 Å². The average Bonchev–Trinajstić information content (AvgIpc) is 2.89. The van der Waals surface area contributed by atoms with Crippen LogP contribution in [-0.4, -0.2) is 39.2 Å². The second kappa shape index (κ2) is 5.49. The number of aromatic nitrogens is 3. The van der Waals surface area contributed by atoms with Gasteiger partial charge >= 0.3 is 0 Å². The molecular formula is C12H14N4OS. The number of hydrogen-bond donors (Lipinski definition) is 1. The van der Waals surface area contributed by atoms with Gasteiger partial charge in [0.15, 0.2) is 0 Å². The number of pyridine rings is 1. The average molecular weight is 262 g/mol. The molecule has 1 N–H and O–H groups in total. The summed E-state index contributed by atoms with van der Waals surface area (Å²) in [6.45, 7) is 1.05. The van der Waals surface area contributed by atoms with E-state index in [2.05, 4.69) is 20.4 Å².